The van der Waals surface area contributed by atoms with Crippen LogP contribution in [0, 0.1) is 5.92 Å². The second-order valence-corrected chi connectivity index (χ2v) is 5.91. The van der Waals surface area contributed by atoms with E-state index in [4.69, 9.17) is 4.74 Å². The van der Waals surface area contributed by atoms with Gasteiger partial charge in [-0.05, 0) is 30.5 Å². The van der Waals surface area contributed by atoms with Gasteiger partial charge in [0, 0.05) is 5.92 Å². The molecule has 4 heteroatoms. The summed E-state index contributed by atoms with van der Waals surface area (Å²) in [6, 6.07) is 18.5. The van der Waals surface area contributed by atoms with Crippen molar-refractivity contribution >= 4 is 5.97 Å². The Labute approximate surface area is 148 Å². The number of benzene rings is 2. The molecule has 0 amide bonds. The molecule has 2 N–H and O–H groups in total. The van der Waals surface area contributed by atoms with Gasteiger partial charge in [0.1, 0.15) is 6.10 Å². The van der Waals surface area contributed by atoms with E-state index in [1.54, 1.807) is 24.3 Å². The Morgan fingerprint density at radius 3 is 2.24 bits per heavy atom. The van der Waals surface area contributed by atoms with Crippen LogP contribution in [0.1, 0.15) is 22.3 Å². The molecule has 0 saturated carbocycles. The Balaban J connectivity index is 2.07. The second kappa shape index (κ2) is 9.77. The van der Waals surface area contributed by atoms with Crippen LogP contribution in [-0.4, -0.2) is 35.0 Å². The molecular formula is C21H24O4. The Hall–Kier alpha value is -2.43. The van der Waals surface area contributed by atoms with Crippen molar-refractivity contribution in [1.82, 2.24) is 0 Å². The topological polar surface area (TPSA) is 66.8 Å². The average molecular weight is 340 g/mol. The van der Waals surface area contributed by atoms with Crippen molar-refractivity contribution in [1.29, 1.82) is 0 Å². The SMILES string of the molecule is C=C[C@@H](OC(=O)c1ccccc1)[C@@H](CCc1ccccc1)[C@H](O)CO. The Kier molecular flexibility index (Phi) is 7.38. The number of carbonyl (C=O) groups excluding carboxylic acids is 1. The normalized spacial score (nSPS) is 14.3. The van der Waals surface area contributed by atoms with Crippen molar-refractivity contribution in [3.05, 3.63) is 84.4 Å². The highest BCUT2D eigenvalue weighted by Gasteiger charge is 2.29. The molecule has 4 nitrogen and oxygen atoms in total. The van der Waals surface area contributed by atoms with E-state index in [-0.39, 0.29) is 0 Å². The van der Waals surface area contributed by atoms with E-state index < -0.39 is 30.7 Å². The maximum Gasteiger partial charge on any atom is 0.338 e. The molecule has 0 bridgehead atoms. The van der Waals surface area contributed by atoms with Crippen LogP contribution in [0.4, 0.5) is 0 Å². The monoisotopic (exact) mass is 340 g/mol. The molecule has 0 heterocycles. The predicted octanol–water partition coefficient (Wildman–Crippen LogP) is 3.00. The standard InChI is InChI=1S/C21H24O4/c1-2-20(25-21(24)17-11-7-4-8-12-17)18(19(23)15-22)14-13-16-9-5-3-6-10-16/h2-12,18-20,22-23H,1,13-15H2/t18-,19+,20+/m0/s1. The Morgan fingerprint density at radius 2 is 1.68 bits per heavy atom. The summed E-state index contributed by atoms with van der Waals surface area (Å²) in [5, 5.41) is 19.6. The molecular weight excluding hydrogens is 316 g/mol. The summed E-state index contributed by atoms with van der Waals surface area (Å²) in [6.45, 7) is 3.33. The lowest BCUT2D eigenvalue weighted by Crippen LogP contribution is -2.36. The van der Waals surface area contributed by atoms with Gasteiger partial charge in [0.05, 0.1) is 18.3 Å². The van der Waals surface area contributed by atoms with Gasteiger partial charge in [0.2, 0.25) is 0 Å². The van der Waals surface area contributed by atoms with Crippen molar-refractivity contribution in [2.75, 3.05) is 6.61 Å². The van der Waals surface area contributed by atoms with Gasteiger partial charge in [0.25, 0.3) is 0 Å². The maximum absolute atomic E-state index is 12.3. The minimum atomic E-state index is -0.990. The van der Waals surface area contributed by atoms with Gasteiger partial charge in [-0.1, -0.05) is 61.2 Å². The first-order valence-electron chi connectivity index (χ1n) is 8.37. The van der Waals surface area contributed by atoms with E-state index >= 15 is 0 Å². The summed E-state index contributed by atoms with van der Waals surface area (Å²) in [6.07, 6.45) is 1.10. The molecule has 0 fully saturated rings. The van der Waals surface area contributed by atoms with Crippen LogP contribution in [0.2, 0.25) is 0 Å². The molecule has 0 aliphatic carbocycles. The van der Waals surface area contributed by atoms with Gasteiger partial charge in [-0.25, -0.2) is 4.79 Å². The number of esters is 1. The highest BCUT2D eigenvalue weighted by atomic mass is 16.5. The maximum atomic E-state index is 12.3. The lowest BCUT2D eigenvalue weighted by Gasteiger charge is -2.28. The first-order chi connectivity index (χ1) is 12.2. The zero-order valence-corrected chi connectivity index (χ0v) is 14.1. The predicted molar refractivity (Wildman–Crippen MR) is 97.2 cm³/mol. The molecule has 0 aliphatic heterocycles. The van der Waals surface area contributed by atoms with E-state index in [0.717, 1.165) is 5.56 Å². The number of aryl methyl sites for hydroxylation is 1. The summed E-state index contributed by atoms with van der Waals surface area (Å²) in [5.74, 6) is -0.907. The quantitative estimate of drug-likeness (QED) is 0.544. The van der Waals surface area contributed by atoms with Crippen LogP contribution < -0.4 is 0 Å². The van der Waals surface area contributed by atoms with Gasteiger partial charge >= 0.3 is 5.97 Å². The molecule has 2 aromatic rings. The van der Waals surface area contributed by atoms with Gasteiger partial charge in [-0.15, -0.1) is 0 Å². The fourth-order valence-electron chi connectivity index (χ4n) is 2.77. The van der Waals surface area contributed by atoms with Gasteiger partial charge in [0.15, 0.2) is 0 Å². The fourth-order valence-corrected chi connectivity index (χ4v) is 2.77. The largest absolute Gasteiger partial charge is 0.454 e. The van der Waals surface area contributed by atoms with Crippen LogP contribution in [0.25, 0.3) is 0 Å². The van der Waals surface area contributed by atoms with Gasteiger partial charge < -0.3 is 14.9 Å². The van der Waals surface area contributed by atoms with Crippen molar-refractivity contribution in [2.24, 2.45) is 5.92 Å². The van der Waals surface area contributed by atoms with Crippen LogP contribution in [-0.2, 0) is 11.2 Å². The Morgan fingerprint density at radius 1 is 1.08 bits per heavy atom. The van der Waals surface area contributed by atoms with Gasteiger partial charge in [-0.2, -0.15) is 0 Å². The number of carbonyl (C=O) groups is 1. The highest BCUT2D eigenvalue weighted by Crippen LogP contribution is 2.22. The fraction of sp³-hybridized carbons (Fsp3) is 0.286. The highest BCUT2D eigenvalue weighted by molar-refractivity contribution is 5.89. The zero-order chi connectivity index (χ0) is 18.1. The third-order valence-electron chi connectivity index (χ3n) is 4.20. The third-order valence-corrected chi connectivity index (χ3v) is 4.20. The number of aliphatic hydroxyl groups is 2. The van der Waals surface area contributed by atoms with Gasteiger partial charge in [-0.3, -0.25) is 0 Å². The third kappa shape index (κ3) is 5.55. The molecule has 3 atom stereocenters. The molecule has 0 aliphatic rings. The van der Waals surface area contributed by atoms with E-state index in [0.29, 0.717) is 18.4 Å². The number of hydrogen-bond donors (Lipinski definition) is 2. The summed E-state index contributed by atoms with van der Waals surface area (Å²) in [4.78, 5) is 12.3. The van der Waals surface area contributed by atoms with Crippen molar-refractivity contribution in [3.63, 3.8) is 0 Å². The molecule has 2 aromatic carbocycles. The molecule has 25 heavy (non-hydrogen) atoms. The van der Waals surface area contributed by atoms with Crippen LogP contribution >= 0.6 is 0 Å². The van der Waals surface area contributed by atoms with Crippen molar-refractivity contribution < 1.29 is 19.7 Å². The lowest BCUT2D eigenvalue weighted by atomic mass is 9.89. The molecule has 0 spiro atoms. The minimum absolute atomic E-state index is 0.396. The number of aliphatic hydroxyl groups excluding tert-OH is 2. The Bertz CT molecular complexity index is 654. The number of hydrogen-bond acceptors (Lipinski definition) is 4. The van der Waals surface area contributed by atoms with Crippen LogP contribution in [0.3, 0.4) is 0 Å². The smallest absolute Gasteiger partial charge is 0.338 e. The van der Waals surface area contributed by atoms with Crippen molar-refractivity contribution in [3.8, 4) is 0 Å². The second-order valence-electron chi connectivity index (χ2n) is 5.91. The summed E-state index contributed by atoms with van der Waals surface area (Å²) < 4.78 is 5.53. The molecule has 0 radical (unpaired) electrons. The minimum Gasteiger partial charge on any atom is -0.454 e. The van der Waals surface area contributed by atoms with Crippen molar-refractivity contribution in [2.45, 2.75) is 25.0 Å². The van der Waals surface area contributed by atoms with Crippen LogP contribution in [0.15, 0.2) is 73.3 Å². The molecule has 0 aromatic heterocycles. The average Bonchev–Trinajstić information content (AvgIpc) is 2.68. The lowest BCUT2D eigenvalue weighted by molar-refractivity contribution is -0.0216. The van der Waals surface area contributed by atoms with E-state index in [9.17, 15) is 15.0 Å². The molecule has 2 rings (SSSR count). The number of ether oxygens (including phenoxy) is 1. The van der Waals surface area contributed by atoms with E-state index in [2.05, 4.69) is 6.58 Å². The summed E-state index contributed by atoms with van der Waals surface area (Å²) >= 11 is 0. The summed E-state index contributed by atoms with van der Waals surface area (Å²) in [5.41, 5.74) is 1.56. The molecule has 132 valence electrons. The van der Waals surface area contributed by atoms with Crippen LogP contribution in [0.5, 0.6) is 0 Å². The van der Waals surface area contributed by atoms with E-state index in [1.165, 1.54) is 6.08 Å². The number of rotatable bonds is 9. The first kappa shape index (κ1) is 18.9. The summed E-state index contributed by atoms with van der Waals surface area (Å²) in [7, 11) is 0. The van der Waals surface area contributed by atoms with E-state index in [1.807, 2.05) is 36.4 Å². The first-order valence-corrected chi connectivity index (χ1v) is 8.37. The molecule has 0 unspecified atom stereocenters. The molecule has 0 saturated heterocycles. The zero-order valence-electron chi connectivity index (χ0n) is 14.1.